The topological polar surface area (TPSA) is 68.2 Å². The summed E-state index contributed by atoms with van der Waals surface area (Å²) in [5.74, 6) is 0. The lowest BCUT2D eigenvalue weighted by atomic mass is 10.0. The van der Waals surface area contributed by atoms with Crippen LogP contribution in [0, 0.1) is 0 Å². The van der Waals surface area contributed by atoms with Gasteiger partial charge in [-0.3, -0.25) is 0 Å². The number of nitrogens with zero attached hydrogens (tertiary/aromatic N) is 1. The Kier molecular flexibility index (Phi) is 9.14. The van der Waals surface area contributed by atoms with E-state index in [1.807, 2.05) is 87.5 Å². The van der Waals surface area contributed by atoms with Crippen LogP contribution in [0.5, 0.6) is 0 Å². The second-order valence-electron chi connectivity index (χ2n) is 11.2. The van der Waals surface area contributed by atoms with Crippen LogP contribution in [0.15, 0.2) is 120 Å². The normalized spacial score (nSPS) is 13.8. The summed E-state index contributed by atoms with van der Waals surface area (Å²) in [5.41, 5.74) is 2.25. The van der Waals surface area contributed by atoms with Crippen molar-refractivity contribution in [3.8, 4) is 0 Å². The highest BCUT2D eigenvalue weighted by molar-refractivity contribution is 7.90. The van der Waals surface area contributed by atoms with Gasteiger partial charge in [0, 0.05) is 28.8 Å². The molecule has 4 aromatic carbocycles. The van der Waals surface area contributed by atoms with Crippen LogP contribution < -0.4 is 15.3 Å². The van der Waals surface area contributed by atoms with Gasteiger partial charge in [0.25, 0.3) is 10.0 Å². The summed E-state index contributed by atoms with van der Waals surface area (Å²) in [4.78, 5) is 0.238. The van der Waals surface area contributed by atoms with E-state index < -0.39 is 33.7 Å². The van der Waals surface area contributed by atoms with Crippen molar-refractivity contribution in [1.82, 2.24) is 8.69 Å². The van der Waals surface area contributed by atoms with Gasteiger partial charge < -0.3 is 0 Å². The third-order valence-electron chi connectivity index (χ3n) is 7.26. The second kappa shape index (κ2) is 12.6. The van der Waals surface area contributed by atoms with E-state index in [0.717, 1.165) is 27.3 Å². The minimum Gasteiger partial charge on any atom is -0.242 e. The molecule has 0 bridgehead atoms. The third-order valence-corrected chi connectivity index (χ3v) is 13.1. The standard InChI is InChI=1S/C34H37N2O3PS2/c1-5-30(35-41(37)34(2,3)4)33-29-23-15-16-24-31(29)36(42(38,39)28-21-13-8-14-22-28)32(33)25-40(26-17-9-6-10-18-26)27-19-11-7-12-20-27/h6-24,30,35H,5,25H2,1-4H3/t30-,41+/m0/s1. The van der Waals surface area contributed by atoms with Gasteiger partial charge in [-0.25, -0.2) is 21.3 Å². The minimum absolute atomic E-state index is 0.238. The number of nitrogens with one attached hydrogen (secondary N) is 1. The monoisotopic (exact) mass is 616 g/mol. The van der Waals surface area contributed by atoms with Crippen molar-refractivity contribution in [3.63, 3.8) is 0 Å². The third kappa shape index (κ3) is 6.16. The van der Waals surface area contributed by atoms with E-state index in [-0.39, 0.29) is 10.9 Å². The largest absolute Gasteiger partial charge is 0.268 e. The van der Waals surface area contributed by atoms with E-state index in [1.165, 1.54) is 0 Å². The van der Waals surface area contributed by atoms with Crippen molar-refractivity contribution in [2.75, 3.05) is 0 Å². The predicted molar refractivity (Wildman–Crippen MR) is 178 cm³/mol. The van der Waals surface area contributed by atoms with Crippen molar-refractivity contribution >= 4 is 50.4 Å². The smallest absolute Gasteiger partial charge is 0.242 e. The average Bonchev–Trinajstić information content (AvgIpc) is 3.33. The van der Waals surface area contributed by atoms with Crippen molar-refractivity contribution in [3.05, 3.63) is 127 Å². The Morgan fingerprint density at radius 3 is 1.81 bits per heavy atom. The fourth-order valence-corrected chi connectivity index (χ4v) is 10.1. The van der Waals surface area contributed by atoms with Gasteiger partial charge in [-0.2, -0.15) is 0 Å². The van der Waals surface area contributed by atoms with Crippen molar-refractivity contribution < 1.29 is 12.6 Å². The van der Waals surface area contributed by atoms with Gasteiger partial charge in [-0.05, 0) is 63.9 Å². The molecule has 5 rings (SSSR count). The number of para-hydroxylation sites is 1. The van der Waals surface area contributed by atoms with Crippen LogP contribution in [0.2, 0.25) is 0 Å². The molecular weight excluding hydrogens is 579 g/mol. The van der Waals surface area contributed by atoms with Gasteiger partial charge in [-0.15, -0.1) is 0 Å². The Labute approximate surface area is 253 Å². The molecule has 0 saturated heterocycles. The van der Waals surface area contributed by atoms with Crippen molar-refractivity contribution in [2.45, 2.75) is 56.0 Å². The summed E-state index contributed by atoms with van der Waals surface area (Å²) < 4.78 is 46.9. The zero-order valence-corrected chi connectivity index (χ0v) is 26.9. The highest BCUT2D eigenvalue weighted by Gasteiger charge is 2.33. The van der Waals surface area contributed by atoms with Crippen molar-refractivity contribution in [2.24, 2.45) is 0 Å². The lowest BCUT2D eigenvalue weighted by molar-refractivity contribution is 0.582. The number of benzene rings is 4. The van der Waals surface area contributed by atoms with E-state index in [9.17, 15) is 12.6 Å². The van der Waals surface area contributed by atoms with Gasteiger partial charge in [0.1, 0.15) is 0 Å². The lowest BCUT2D eigenvalue weighted by Gasteiger charge is -2.26. The molecule has 1 aromatic heterocycles. The zero-order chi connectivity index (χ0) is 29.9. The second-order valence-corrected chi connectivity index (χ2v) is 17.2. The van der Waals surface area contributed by atoms with Crippen molar-refractivity contribution in [1.29, 1.82) is 0 Å². The van der Waals surface area contributed by atoms with Crippen LogP contribution >= 0.6 is 7.92 Å². The number of rotatable bonds is 10. The summed E-state index contributed by atoms with van der Waals surface area (Å²) in [7, 11) is -6.29. The van der Waals surface area contributed by atoms with E-state index in [1.54, 1.807) is 28.2 Å². The molecule has 0 radical (unpaired) electrons. The Morgan fingerprint density at radius 1 is 0.786 bits per heavy atom. The maximum absolute atomic E-state index is 14.5. The summed E-state index contributed by atoms with van der Waals surface area (Å²) >= 11 is 0. The Morgan fingerprint density at radius 2 is 1.29 bits per heavy atom. The zero-order valence-electron chi connectivity index (χ0n) is 24.4. The van der Waals surface area contributed by atoms with Crippen LogP contribution in [0.25, 0.3) is 10.9 Å². The molecule has 5 nitrogen and oxygen atoms in total. The average molecular weight is 617 g/mol. The molecule has 0 spiro atoms. The van der Waals surface area contributed by atoms with E-state index in [2.05, 4.69) is 35.9 Å². The molecule has 8 heteroatoms. The molecule has 1 heterocycles. The Hall–Kier alpha value is -3.09. The maximum Gasteiger partial charge on any atom is 0.268 e. The van der Waals surface area contributed by atoms with Gasteiger partial charge in [0.2, 0.25) is 0 Å². The Bertz CT molecular complexity index is 1740. The molecule has 5 aromatic rings. The molecule has 0 aliphatic carbocycles. The fraction of sp³-hybridized carbons (Fsp3) is 0.235. The number of aromatic nitrogens is 1. The first-order valence-electron chi connectivity index (χ1n) is 14.1. The first-order chi connectivity index (χ1) is 20.1. The number of hydrogen-bond acceptors (Lipinski definition) is 3. The molecule has 0 aliphatic heterocycles. The van der Waals surface area contributed by atoms with Crippen LogP contribution in [0.3, 0.4) is 0 Å². The van der Waals surface area contributed by atoms with E-state index in [4.69, 9.17) is 0 Å². The molecular formula is C34H37N2O3PS2. The van der Waals surface area contributed by atoms with Gasteiger partial charge in [0.05, 0.1) is 26.1 Å². The highest BCUT2D eigenvalue weighted by atomic mass is 32.2. The molecule has 0 amide bonds. The first kappa shape index (κ1) is 30.4. The van der Waals surface area contributed by atoms with Gasteiger partial charge in [0.15, 0.2) is 0 Å². The summed E-state index contributed by atoms with van der Waals surface area (Å²) in [6, 6.07) is 36.6. The maximum atomic E-state index is 14.5. The molecule has 42 heavy (non-hydrogen) atoms. The molecule has 0 aliphatic rings. The highest BCUT2D eigenvalue weighted by Crippen LogP contribution is 2.44. The summed E-state index contributed by atoms with van der Waals surface area (Å²) in [6.45, 7) is 7.88. The lowest BCUT2D eigenvalue weighted by Crippen LogP contribution is -2.36. The number of fused-ring (bicyclic) bond motifs is 1. The predicted octanol–water partition coefficient (Wildman–Crippen LogP) is 7.01. The van der Waals surface area contributed by atoms with Crippen LogP contribution in [-0.2, 0) is 27.2 Å². The van der Waals surface area contributed by atoms with Crippen LogP contribution in [0.4, 0.5) is 0 Å². The molecule has 0 unspecified atom stereocenters. The van der Waals surface area contributed by atoms with Crippen LogP contribution in [-0.4, -0.2) is 21.3 Å². The van der Waals surface area contributed by atoms with E-state index >= 15 is 0 Å². The summed E-state index contributed by atoms with van der Waals surface area (Å²) in [6.07, 6.45) is 1.14. The first-order valence-corrected chi connectivity index (χ1v) is 18.2. The SMILES string of the molecule is CC[C@H](N[S@](=O)C(C)(C)C)c1c(CP(c2ccccc2)c2ccccc2)n(S(=O)(=O)c2ccccc2)c2ccccc12. The Balaban J connectivity index is 1.82. The van der Waals surface area contributed by atoms with Crippen LogP contribution in [0.1, 0.15) is 51.4 Å². The molecule has 0 fully saturated rings. The minimum atomic E-state index is -3.96. The van der Waals surface area contributed by atoms with E-state index in [0.29, 0.717) is 18.1 Å². The summed E-state index contributed by atoms with van der Waals surface area (Å²) in [5, 5.41) is 3.18. The molecule has 2 atom stereocenters. The van der Waals surface area contributed by atoms with Gasteiger partial charge >= 0.3 is 0 Å². The fourth-order valence-electron chi connectivity index (χ4n) is 5.15. The number of hydrogen-bond donors (Lipinski definition) is 1. The molecule has 0 saturated carbocycles. The molecule has 218 valence electrons. The quantitative estimate of drug-likeness (QED) is 0.172. The molecule has 1 N–H and O–H groups in total. The van der Waals surface area contributed by atoms with Gasteiger partial charge in [-0.1, -0.05) is 104 Å².